The van der Waals surface area contributed by atoms with Gasteiger partial charge in [0.05, 0.1) is 0 Å². The van der Waals surface area contributed by atoms with Crippen molar-refractivity contribution in [3.05, 3.63) is 30.6 Å². The van der Waals surface area contributed by atoms with E-state index >= 15 is 0 Å². The van der Waals surface area contributed by atoms with Crippen LogP contribution in [-0.4, -0.2) is 44.1 Å². The minimum atomic E-state index is 0.786. The highest BCUT2D eigenvalue weighted by molar-refractivity contribution is 6.00. The maximum Gasteiger partial charge on any atom is 0.0445 e. The predicted octanol–water partition coefficient (Wildman–Crippen LogP) is 2.20. The van der Waals surface area contributed by atoms with Crippen molar-refractivity contribution < 1.29 is 0 Å². The number of pyridine rings is 1. The summed E-state index contributed by atoms with van der Waals surface area (Å²) < 4.78 is 0. The molecule has 0 unspecified atom stereocenters. The van der Waals surface area contributed by atoms with Crippen LogP contribution in [0, 0.1) is 0 Å². The molecule has 19 heavy (non-hydrogen) atoms. The number of hydrogen-bond acceptors (Lipinski definition) is 4. The first-order chi connectivity index (χ1) is 9.09. The predicted molar refractivity (Wildman–Crippen MR) is 82.6 cm³/mol. The molecule has 4 heteroatoms. The van der Waals surface area contributed by atoms with Gasteiger partial charge in [0.1, 0.15) is 0 Å². The van der Waals surface area contributed by atoms with E-state index in [9.17, 15) is 0 Å². The van der Waals surface area contributed by atoms with Crippen LogP contribution >= 0.6 is 0 Å². The lowest BCUT2D eigenvalue weighted by Gasteiger charge is -2.22. The molecule has 0 bridgehead atoms. The fourth-order valence-corrected chi connectivity index (χ4v) is 2.27. The van der Waals surface area contributed by atoms with Crippen molar-refractivity contribution in [1.29, 1.82) is 0 Å². The summed E-state index contributed by atoms with van der Waals surface area (Å²) >= 11 is 0. The molecule has 102 valence electrons. The topological polar surface area (TPSA) is 45.4 Å². The summed E-state index contributed by atoms with van der Waals surface area (Å²) in [5, 5.41) is 2.20. The number of fused-ring (bicyclic) bond motifs is 1. The molecule has 0 aliphatic carbocycles. The van der Waals surface area contributed by atoms with E-state index in [0.29, 0.717) is 0 Å². The van der Waals surface area contributed by atoms with Gasteiger partial charge in [-0.1, -0.05) is 0 Å². The first-order valence-corrected chi connectivity index (χ1v) is 6.57. The van der Waals surface area contributed by atoms with Crippen LogP contribution < -0.4 is 10.6 Å². The van der Waals surface area contributed by atoms with Gasteiger partial charge in [0.15, 0.2) is 0 Å². The summed E-state index contributed by atoms with van der Waals surface area (Å²) in [6, 6.07) is 6.08. The Kier molecular flexibility index (Phi) is 4.22. The minimum Gasteiger partial charge on any atom is -0.398 e. The molecule has 1 aromatic carbocycles. The van der Waals surface area contributed by atoms with Crippen molar-refractivity contribution in [2.24, 2.45) is 0 Å². The third-order valence-electron chi connectivity index (χ3n) is 3.34. The number of rotatable bonds is 5. The van der Waals surface area contributed by atoms with Gasteiger partial charge < -0.3 is 15.5 Å². The molecule has 0 saturated carbocycles. The van der Waals surface area contributed by atoms with E-state index in [1.807, 2.05) is 24.5 Å². The monoisotopic (exact) mass is 258 g/mol. The average molecular weight is 258 g/mol. The van der Waals surface area contributed by atoms with Gasteiger partial charge in [0, 0.05) is 48.1 Å². The third kappa shape index (κ3) is 3.15. The maximum atomic E-state index is 6.00. The van der Waals surface area contributed by atoms with Crippen LogP contribution in [0.2, 0.25) is 0 Å². The van der Waals surface area contributed by atoms with Crippen molar-refractivity contribution in [3.63, 3.8) is 0 Å². The van der Waals surface area contributed by atoms with Crippen LogP contribution in [0.15, 0.2) is 30.6 Å². The molecule has 0 atom stereocenters. The quantitative estimate of drug-likeness (QED) is 0.835. The Morgan fingerprint density at radius 2 is 1.84 bits per heavy atom. The Morgan fingerprint density at radius 3 is 2.58 bits per heavy atom. The van der Waals surface area contributed by atoms with Crippen LogP contribution in [0.5, 0.6) is 0 Å². The minimum absolute atomic E-state index is 0.786. The summed E-state index contributed by atoms with van der Waals surface area (Å²) in [6.07, 6.45) is 4.79. The second-order valence-electron chi connectivity index (χ2n) is 5.17. The molecule has 2 aromatic rings. The molecule has 0 saturated heterocycles. The molecule has 1 aromatic heterocycles. The van der Waals surface area contributed by atoms with Crippen molar-refractivity contribution >= 4 is 22.1 Å². The number of nitrogens with zero attached hydrogens (tertiary/aromatic N) is 3. The van der Waals surface area contributed by atoms with Gasteiger partial charge in [0.2, 0.25) is 0 Å². The fourth-order valence-electron chi connectivity index (χ4n) is 2.27. The van der Waals surface area contributed by atoms with E-state index in [1.165, 1.54) is 11.1 Å². The lowest BCUT2D eigenvalue weighted by atomic mass is 10.1. The van der Waals surface area contributed by atoms with Gasteiger partial charge >= 0.3 is 0 Å². The van der Waals surface area contributed by atoms with Crippen molar-refractivity contribution in [1.82, 2.24) is 9.88 Å². The van der Waals surface area contributed by atoms with Gasteiger partial charge in [-0.25, -0.2) is 0 Å². The highest BCUT2D eigenvalue weighted by atomic mass is 15.1. The average Bonchev–Trinajstić information content (AvgIpc) is 2.39. The lowest BCUT2D eigenvalue weighted by Crippen LogP contribution is -2.23. The molecule has 0 spiro atoms. The Labute approximate surface area is 114 Å². The molecule has 0 amide bonds. The van der Waals surface area contributed by atoms with Gasteiger partial charge in [-0.3, -0.25) is 4.98 Å². The van der Waals surface area contributed by atoms with E-state index < -0.39 is 0 Å². The Bertz CT molecular complexity index is 551. The summed E-state index contributed by atoms with van der Waals surface area (Å²) in [5.74, 6) is 0. The third-order valence-corrected chi connectivity index (χ3v) is 3.34. The molecule has 0 fully saturated rings. The summed E-state index contributed by atoms with van der Waals surface area (Å²) in [4.78, 5) is 8.64. The Morgan fingerprint density at radius 1 is 1.05 bits per heavy atom. The van der Waals surface area contributed by atoms with Crippen LogP contribution in [0.4, 0.5) is 11.4 Å². The highest BCUT2D eigenvalue weighted by Crippen LogP contribution is 2.29. The van der Waals surface area contributed by atoms with Crippen molar-refractivity contribution in [2.75, 3.05) is 44.9 Å². The number of aromatic nitrogens is 1. The summed E-state index contributed by atoms with van der Waals surface area (Å²) in [6.45, 7) is 2.12. The second-order valence-corrected chi connectivity index (χ2v) is 5.17. The maximum absolute atomic E-state index is 6.00. The van der Waals surface area contributed by atoms with Gasteiger partial charge in [-0.05, 0) is 45.3 Å². The van der Waals surface area contributed by atoms with Crippen molar-refractivity contribution in [2.45, 2.75) is 6.42 Å². The van der Waals surface area contributed by atoms with Crippen LogP contribution in [0.1, 0.15) is 6.42 Å². The SMILES string of the molecule is CN(C)CCCN(C)c1ccc(N)c2cnccc12. The molecule has 0 radical (unpaired) electrons. The molecule has 2 rings (SSSR count). The Hall–Kier alpha value is -1.81. The smallest absolute Gasteiger partial charge is 0.0445 e. The molecular weight excluding hydrogens is 236 g/mol. The summed E-state index contributed by atoms with van der Waals surface area (Å²) in [5.41, 5.74) is 8.00. The largest absolute Gasteiger partial charge is 0.398 e. The molecule has 4 nitrogen and oxygen atoms in total. The molecule has 0 aliphatic heterocycles. The summed E-state index contributed by atoms with van der Waals surface area (Å²) in [7, 11) is 6.33. The van der Waals surface area contributed by atoms with Crippen molar-refractivity contribution in [3.8, 4) is 0 Å². The molecule has 0 aliphatic rings. The number of anilines is 2. The van der Waals surface area contributed by atoms with E-state index in [-0.39, 0.29) is 0 Å². The standard InChI is InChI=1S/C15H22N4/c1-18(2)9-4-10-19(3)15-6-5-14(16)13-11-17-8-7-12(13)15/h5-8,11H,4,9-10,16H2,1-3H3. The van der Waals surface area contributed by atoms with Gasteiger partial charge in [-0.15, -0.1) is 0 Å². The van der Waals surface area contributed by atoms with E-state index in [0.717, 1.165) is 30.6 Å². The fraction of sp³-hybridized carbons (Fsp3) is 0.400. The molecular formula is C15H22N4. The zero-order chi connectivity index (χ0) is 13.8. The normalized spacial score (nSPS) is 11.2. The number of nitrogens with two attached hydrogens (primary N) is 1. The van der Waals surface area contributed by atoms with Gasteiger partial charge in [0.25, 0.3) is 0 Å². The van der Waals surface area contributed by atoms with Crippen LogP contribution in [-0.2, 0) is 0 Å². The zero-order valence-electron chi connectivity index (χ0n) is 11.9. The molecule has 1 heterocycles. The van der Waals surface area contributed by atoms with Gasteiger partial charge in [-0.2, -0.15) is 0 Å². The van der Waals surface area contributed by atoms with Crippen LogP contribution in [0.25, 0.3) is 10.8 Å². The highest BCUT2D eigenvalue weighted by Gasteiger charge is 2.08. The second kappa shape index (κ2) is 5.89. The lowest BCUT2D eigenvalue weighted by molar-refractivity contribution is 0.402. The van der Waals surface area contributed by atoms with Crippen LogP contribution in [0.3, 0.4) is 0 Å². The number of nitrogen functional groups attached to an aromatic ring is 1. The zero-order valence-corrected chi connectivity index (χ0v) is 11.9. The molecule has 2 N–H and O–H groups in total. The first kappa shape index (κ1) is 13.6. The number of benzene rings is 1. The van der Waals surface area contributed by atoms with E-state index in [2.05, 4.69) is 42.0 Å². The van der Waals surface area contributed by atoms with E-state index in [4.69, 9.17) is 5.73 Å². The number of hydrogen-bond donors (Lipinski definition) is 1. The first-order valence-electron chi connectivity index (χ1n) is 6.57. The Balaban J connectivity index is 2.22. The van der Waals surface area contributed by atoms with E-state index in [1.54, 1.807) is 0 Å².